The van der Waals surface area contributed by atoms with E-state index in [2.05, 4.69) is 48.3 Å². The fourth-order valence-electron chi connectivity index (χ4n) is 2.71. The molecule has 23 heavy (non-hydrogen) atoms. The van der Waals surface area contributed by atoms with Crippen molar-refractivity contribution in [1.29, 1.82) is 0 Å². The van der Waals surface area contributed by atoms with Gasteiger partial charge in [-0.2, -0.15) is 0 Å². The first-order valence-electron chi connectivity index (χ1n) is 8.92. The highest BCUT2D eigenvalue weighted by molar-refractivity contribution is 5.80. The maximum absolute atomic E-state index is 11.5. The fourth-order valence-corrected chi connectivity index (χ4v) is 2.71. The van der Waals surface area contributed by atoms with Crippen molar-refractivity contribution >= 4 is 11.9 Å². The molecule has 0 spiro atoms. The summed E-state index contributed by atoms with van der Waals surface area (Å²) in [7, 11) is 3.85. The van der Waals surface area contributed by atoms with E-state index in [9.17, 15) is 4.79 Å². The van der Waals surface area contributed by atoms with Gasteiger partial charge in [-0.15, -0.1) is 0 Å². The number of amides is 1. The van der Waals surface area contributed by atoms with E-state index in [1.807, 2.05) is 0 Å². The summed E-state index contributed by atoms with van der Waals surface area (Å²) in [6.07, 6.45) is 2.77. The second-order valence-electron chi connectivity index (χ2n) is 6.62. The van der Waals surface area contributed by atoms with Crippen LogP contribution in [0, 0.1) is 5.92 Å². The molecule has 1 saturated heterocycles. The van der Waals surface area contributed by atoms with Gasteiger partial charge in [-0.1, -0.05) is 0 Å². The second kappa shape index (κ2) is 10.5. The van der Waals surface area contributed by atoms with Crippen LogP contribution in [0.5, 0.6) is 0 Å². The largest absolute Gasteiger partial charge is 0.359 e. The Morgan fingerprint density at radius 2 is 2.00 bits per heavy atom. The Balaban J connectivity index is 2.47. The van der Waals surface area contributed by atoms with Crippen LogP contribution < -0.4 is 10.6 Å². The second-order valence-corrected chi connectivity index (χ2v) is 6.62. The standard InChI is InChI=1S/C17H35N5O/c1-6-19-17(20-9-12-21(5)14(2)3)22-10-7-15(8-11-22)13-16(23)18-4/h14-15H,6-13H2,1-5H3,(H,18,23)(H,19,20). The summed E-state index contributed by atoms with van der Waals surface area (Å²) >= 11 is 0. The lowest BCUT2D eigenvalue weighted by Gasteiger charge is -2.34. The average Bonchev–Trinajstić information content (AvgIpc) is 2.54. The lowest BCUT2D eigenvalue weighted by Crippen LogP contribution is -2.46. The zero-order chi connectivity index (χ0) is 17.2. The molecule has 1 amide bonds. The zero-order valence-corrected chi connectivity index (χ0v) is 15.6. The van der Waals surface area contributed by atoms with Crippen LogP contribution >= 0.6 is 0 Å². The first-order chi connectivity index (χ1) is 11.0. The zero-order valence-electron chi connectivity index (χ0n) is 15.6. The molecule has 0 saturated carbocycles. The van der Waals surface area contributed by atoms with E-state index < -0.39 is 0 Å². The van der Waals surface area contributed by atoms with E-state index in [0.29, 0.717) is 18.4 Å². The highest BCUT2D eigenvalue weighted by Gasteiger charge is 2.23. The smallest absolute Gasteiger partial charge is 0.220 e. The Hall–Kier alpha value is -1.30. The Morgan fingerprint density at radius 3 is 2.52 bits per heavy atom. The molecule has 0 aromatic rings. The van der Waals surface area contributed by atoms with Crippen molar-refractivity contribution in [2.24, 2.45) is 10.9 Å². The quantitative estimate of drug-likeness (QED) is 0.544. The summed E-state index contributed by atoms with van der Waals surface area (Å²) in [4.78, 5) is 20.9. The van der Waals surface area contributed by atoms with E-state index in [4.69, 9.17) is 4.99 Å². The molecule has 1 rings (SSSR count). The molecule has 1 heterocycles. The summed E-state index contributed by atoms with van der Waals surface area (Å²) in [5.41, 5.74) is 0. The summed E-state index contributed by atoms with van der Waals surface area (Å²) in [6.45, 7) is 11.1. The molecule has 6 nitrogen and oxygen atoms in total. The summed E-state index contributed by atoms with van der Waals surface area (Å²) < 4.78 is 0. The summed E-state index contributed by atoms with van der Waals surface area (Å²) in [6, 6.07) is 0.549. The number of likely N-dealkylation sites (tertiary alicyclic amines) is 1. The van der Waals surface area contributed by atoms with Crippen molar-refractivity contribution in [1.82, 2.24) is 20.4 Å². The van der Waals surface area contributed by atoms with Crippen LogP contribution in [0.15, 0.2) is 4.99 Å². The minimum Gasteiger partial charge on any atom is -0.359 e. The van der Waals surface area contributed by atoms with Gasteiger partial charge in [-0.25, -0.2) is 0 Å². The van der Waals surface area contributed by atoms with Crippen molar-refractivity contribution in [2.75, 3.05) is 46.8 Å². The molecule has 0 unspecified atom stereocenters. The maximum atomic E-state index is 11.5. The molecule has 0 atom stereocenters. The van der Waals surface area contributed by atoms with Crippen molar-refractivity contribution in [3.05, 3.63) is 0 Å². The number of carbonyl (C=O) groups excluding carboxylic acids is 1. The minimum absolute atomic E-state index is 0.153. The normalized spacial score (nSPS) is 17.0. The number of likely N-dealkylation sites (N-methyl/N-ethyl adjacent to an activating group) is 1. The molecule has 1 fully saturated rings. The monoisotopic (exact) mass is 325 g/mol. The minimum atomic E-state index is 0.153. The number of piperidine rings is 1. The van der Waals surface area contributed by atoms with Crippen LogP contribution in [0.3, 0.4) is 0 Å². The molecule has 1 aliphatic rings. The molecule has 6 heteroatoms. The average molecular weight is 326 g/mol. The summed E-state index contributed by atoms with van der Waals surface area (Å²) in [5.74, 6) is 1.67. The predicted molar refractivity (Wildman–Crippen MR) is 96.7 cm³/mol. The van der Waals surface area contributed by atoms with Crippen LogP contribution in [0.25, 0.3) is 0 Å². The highest BCUT2D eigenvalue weighted by atomic mass is 16.1. The van der Waals surface area contributed by atoms with E-state index in [1.165, 1.54) is 0 Å². The number of aliphatic imine (C=N–C) groups is 1. The number of nitrogens with zero attached hydrogens (tertiary/aromatic N) is 3. The molecule has 134 valence electrons. The summed E-state index contributed by atoms with van der Waals surface area (Å²) in [5, 5.41) is 6.12. The maximum Gasteiger partial charge on any atom is 0.220 e. The molecule has 0 bridgehead atoms. The molecular formula is C17H35N5O. The first-order valence-corrected chi connectivity index (χ1v) is 8.92. The van der Waals surface area contributed by atoms with Crippen LogP contribution in [-0.4, -0.2) is 74.5 Å². The molecule has 0 aromatic carbocycles. The van der Waals surface area contributed by atoms with E-state index in [1.54, 1.807) is 7.05 Å². The molecule has 0 aromatic heterocycles. The van der Waals surface area contributed by atoms with Gasteiger partial charge in [0.15, 0.2) is 5.96 Å². The van der Waals surface area contributed by atoms with Gasteiger partial charge in [0.25, 0.3) is 0 Å². The number of hydrogen-bond acceptors (Lipinski definition) is 3. The van der Waals surface area contributed by atoms with Crippen LogP contribution in [0.4, 0.5) is 0 Å². The van der Waals surface area contributed by atoms with E-state index in [0.717, 1.165) is 51.5 Å². The van der Waals surface area contributed by atoms with E-state index in [-0.39, 0.29) is 5.91 Å². The number of rotatable bonds is 7. The van der Waals surface area contributed by atoms with Gasteiger partial charge in [0.1, 0.15) is 0 Å². The van der Waals surface area contributed by atoms with Gasteiger partial charge < -0.3 is 20.4 Å². The van der Waals surface area contributed by atoms with Crippen LogP contribution in [0.1, 0.15) is 40.0 Å². The Bertz CT molecular complexity index is 375. The SMILES string of the molecule is CCNC(=NCCN(C)C(C)C)N1CCC(CC(=O)NC)CC1. The topological polar surface area (TPSA) is 60.0 Å². The molecule has 0 radical (unpaired) electrons. The third kappa shape index (κ3) is 7.20. The molecular weight excluding hydrogens is 290 g/mol. The van der Waals surface area contributed by atoms with Crippen LogP contribution in [-0.2, 0) is 4.79 Å². The Morgan fingerprint density at radius 1 is 1.35 bits per heavy atom. The Labute approximate surface area is 141 Å². The third-order valence-electron chi connectivity index (χ3n) is 4.60. The first kappa shape index (κ1) is 19.7. The number of carbonyl (C=O) groups is 1. The number of hydrogen-bond donors (Lipinski definition) is 2. The van der Waals surface area contributed by atoms with E-state index >= 15 is 0 Å². The van der Waals surface area contributed by atoms with Gasteiger partial charge >= 0.3 is 0 Å². The molecule has 0 aliphatic carbocycles. The third-order valence-corrected chi connectivity index (χ3v) is 4.60. The molecule has 1 aliphatic heterocycles. The van der Waals surface area contributed by atoms with Crippen molar-refractivity contribution < 1.29 is 4.79 Å². The Kier molecular flexibility index (Phi) is 8.99. The molecule has 2 N–H and O–H groups in total. The van der Waals surface area contributed by atoms with Crippen LogP contribution in [0.2, 0.25) is 0 Å². The van der Waals surface area contributed by atoms with Gasteiger partial charge in [-0.05, 0) is 46.6 Å². The van der Waals surface area contributed by atoms with Crippen molar-refractivity contribution in [3.8, 4) is 0 Å². The predicted octanol–water partition coefficient (Wildman–Crippen LogP) is 1.14. The van der Waals surface area contributed by atoms with Gasteiger partial charge in [0, 0.05) is 45.7 Å². The lowest BCUT2D eigenvalue weighted by molar-refractivity contribution is -0.121. The van der Waals surface area contributed by atoms with Crippen molar-refractivity contribution in [3.63, 3.8) is 0 Å². The lowest BCUT2D eigenvalue weighted by atomic mass is 9.93. The van der Waals surface area contributed by atoms with Gasteiger partial charge in [-0.3, -0.25) is 9.79 Å². The number of nitrogens with one attached hydrogen (secondary N) is 2. The van der Waals surface area contributed by atoms with Crippen molar-refractivity contribution in [2.45, 2.75) is 46.1 Å². The van der Waals surface area contributed by atoms with Gasteiger partial charge in [0.2, 0.25) is 5.91 Å². The number of guanidine groups is 1. The fraction of sp³-hybridized carbons (Fsp3) is 0.882. The van der Waals surface area contributed by atoms with Gasteiger partial charge in [0.05, 0.1) is 6.54 Å². The highest BCUT2D eigenvalue weighted by Crippen LogP contribution is 2.20.